The van der Waals surface area contributed by atoms with Crippen molar-refractivity contribution in [3.63, 3.8) is 0 Å². The molecule has 0 aromatic rings. The summed E-state index contributed by atoms with van der Waals surface area (Å²) in [6.07, 6.45) is 43.2. The highest BCUT2D eigenvalue weighted by molar-refractivity contribution is 5.77. The average molecular weight is 752 g/mol. The van der Waals surface area contributed by atoms with Crippen LogP contribution >= 0.6 is 0 Å². The zero-order valence-corrected chi connectivity index (χ0v) is 35.9. The Morgan fingerprint density at radius 1 is 0.472 bits per heavy atom. The molecule has 0 fully saturated rings. The molecule has 0 radical (unpaired) electrons. The van der Waals surface area contributed by atoms with E-state index in [9.17, 15) is 19.8 Å². The molecule has 0 aliphatic carbocycles. The number of unbranched alkanes of at least 4 members (excludes halogenated alkanes) is 31. The zero-order chi connectivity index (χ0) is 38.9. The smallest absolute Gasteiger partial charge is 0.306 e. The Hall–Kier alpha value is -1.14. The molecule has 0 spiro atoms. The predicted molar refractivity (Wildman–Crippen MR) is 227 cm³/mol. The fourth-order valence-electron chi connectivity index (χ4n) is 7.55. The number of carbonyl (C=O) groups is 2. The van der Waals surface area contributed by atoms with E-state index in [0.717, 1.165) is 44.9 Å². The van der Waals surface area contributed by atoms with Crippen LogP contribution in [0.2, 0.25) is 0 Å². The van der Waals surface area contributed by atoms with Gasteiger partial charge in [0, 0.05) is 6.42 Å². The lowest BCUT2D eigenvalue weighted by Crippen LogP contribution is -2.46. The molecule has 53 heavy (non-hydrogen) atoms. The van der Waals surface area contributed by atoms with E-state index in [0.29, 0.717) is 19.3 Å². The summed E-state index contributed by atoms with van der Waals surface area (Å²) in [4.78, 5) is 25.8. The van der Waals surface area contributed by atoms with Crippen LogP contribution in [0.3, 0.4) is 0 Å². The molecule has 3 atom stereocenters. The lowest BCUT2D eigenvalue weighted by molar-refractivity contribution is -0.151. The third kappa shape index (κ3) is 37.6. The molecule has 1 amide bonds. The van der Waals surface area contributed by atoms with Gasteiger partial charge in [0.05, 0.1) is 25.2 Å². The Morgan fingerprint density at radius 3 is 1.15 bits per heavy atom. The SMILES string of the molecule is CCCCCCCCCCCCCCCCCCCC(O)C(CO)NC(=O)CC(CCCCCCCCCC)OC(=O)CCCCCCCCCCC. The number of aliphatic hydroxyl groups is 2. The highest BCUT2D eigenvalue weighted by atomic mass is 16.5. The van der Waals surface area contributed by atoms with Gasteiger partial charge in [0.1, 0.15) is 6.10 Å². The largest absolute Gasteiger partial charge is 0.462 e. The van der Waals surface area contributed by atoms with Crippen LogP contribution in [0.4, 0.5) is 0 Å². The number of aliphatic hydroxyl groups excluding tert-OH is 2. The Labute approximate surface area is 330 Å². The second-order valence-electron chi connectivity index (χ2n) is 16.5. The molecule has 0 saturated heterocycles. The number of nitrogens with one attached hydrogen (secondary N) is 1. The number of esters is 1. The van der Waals surface area contributed by atoms with Crippen molar-refractivity contribution in [2.45, 2.75) is 283 Å². The molecule has 0 bridgehead atoms. The van der Waals surface area contributed by atoms with Crippen molar-refractivity contribution in [2.75, 3.05) is 6.61 Å². The van der Waals surface area contributed by atoms with E-state index in [1.54, 1.807) is 0 Å². The third-order valence-corrected chi connectivity index (χ3v) is 11.2. The summed E-state index contributed by atoms with van der Waals surface area (Å²) in [7, 11) is 0. The molecule has 6 nitrogen and oxygen atoms in total. The van der Waals surface area contributed by atoms with Gasteiger partial charge in [-0.15, -0.1) is 0 Å². The molecule has 316 valence electrons. The Bertz CT molecular complexity index is 761. The minimum atomic E-state index is -0.777. The minimum Gasteiger partial charge on any atom is -0.462 e. The molecule has 0 aliphatic heterocycles. The normalized spacial score (nSPS) is 13.2. The number of carbonyl (C=O) groups excluding carboxylic acids is 2. The Kier molecular flexibility index (Phi) is 41.1. The van der Waals surface area contributed by atoms with Gasteiger partial charge in [-0.25, -0.2) is 0 Å². The highest BCUT2D eigenvalue weighted by Crippen LogP contribution is 2.18. The van der Waals surface area contributed by atoms with E-state index in [-0.39, 0.29) is 24.9 Å². The van der Waals surface area contributed by atoms with Crippen LogP contribution in [0.25, 0.3) is 0 Å². The van der Waals surface area contributed by atoms with Crippen molar-refractivity contribution >= 4 is 11.9 Å². The summed E-state index contributed by atoms with van der Waals surface area (Å²) in [5, 5.41) is 23.7. The maximum atomic E-state index is 13.1. The first-order valence-electron chi connectivity index (χ1n) is 23.8. The first-order valence-corrected chi connectivity index (χ1v) is 23.8. The number of amides is 1. The summed E-state index contributed by atoms with van der Waals surface area (Å²) in [6, 6.07) is -0.690. The van der Waals surface area contributed by atoms with Crippen molar-refractivity contribution in [1.82, 2.24) is 5.32 Å². The molecule has 0 aromatic heterocycles. The molecular formula is C47H93NO5. The second kappa shape index (κ2) is 42.0. The van der Waals surface area contributed by atoms with Gasteiger partial charge >= 0.3 is 5.97 Å². The Morgan fingerprint density at radius 2 is 0.792 bits per heavy atom. The van der Waals surface area contributed by atoms with Crippen LogP contribution in [0, 0.1) is 0 Å². The van der Waals surface area contributed by atoms with Gasteiger partial charge in [-0.05, 0) is 25.7 Å². The lowest BCUT2D eigenvalue weighted by atomic mass is 10.0. The summed E-state index contributed by atoms with van der Waals surface area (Å²) in [5.41, 5.74) is 0. The van der Waals surface area contributed by atoms with Crippen LogP contribution in [0.1, 0.15) is 265 Å². The van der Waals surface area contributed by atoms with Crippen molar-refractivity contribution in [2.24, 2.45) is 0 Å². The molecule has 0 aromatic carbocycles. The topological polar surface area (TPSA) is 95.9 Å². The fraction of sp³-hybridized carbons (Fsp3) is 0.957. The first kappa shape index (κ1) is 51.9. The first-order chi connectivity index (χ1) is 26.0. The van der Waals surface area contributed by atoms with Crippen LogP contribution in [0.5, 0.6) is 0 Å². The van der Waals surface area contributed by atoms with Gasteiger partial charge in [0.25, 0.3) is 0 Å². The summed E-state index contributed by atoms with van der Waals surface area (Å²) in [5.74, 6) is -0.464. The van der Waals surface area contributed by atoms with Gasteiger partial charge in [-0.3, -0.25) is 9.59 Å². The van der Waals surface area contributed by atoms with E-state index in [4.69, 9.17) is 4.74 Å². The molecular weight excluding hydrogens is 659 g/mol. The van der Waals surface area contributed by atoms with E-state index in [1.807, 2.05) is 0 Å². The molecule has 0 rings (SSSR count). The van der Waals surface area contributed by atoms with Crippen molar-refractivity contribution in [1.29, 1.82) is 0 Å². The fourth-order valence-corrected chi connectivity index (χ4v) is 7.55. The van der Waals surface area contributed by atoms with Gasteiger partial charge in [0.15, 0.2) is 0 Å². The second-order valence-corrected chi connectivity index (χ2v) is 16.5. The van der Waals surface area contributed by atoms with Gasteiger partial charge in [-0.1, -0.05) is 226 Å². The van der Waals surface area contributed by atoms with Gasteiger partial charge in [-0.2, -0.15) is 0 Å². The quantitative estimate of drug-likeness (QED) is 0.0426. The van der Waals surface area contributed by atoms with Crippen LogP contribution in [-0.2, 0) is 14.3 Å². The van der Waals surface area contributed by atoms with Gasteiger partial charge < -0.3 is 20.3 Å². The molecule has 0 aliphatic rings. The highest BCUT2D eigenvalue weighted by Gasteiger charge is 2.24. The number of hydrogen-bond donors (Lipinski definition) is 3. The molecule has 6 heteroatoms. The monoisotopic (exact) mass is 752 g/mol. The molecule has 3 unspecified atom stereocenters. The van der Waals surface area contributed by atoms with E-state index in [2.05, 4.69) is 26.1 Å². The van der Waals surface area contributed by atoms with E-state index < -0.39 is 18.2 Å². The van der Waals surface area contributed by atoms with Crippen molar-refractivity contribution in [3.05, 3.63) is 0 Å². The van der Waals surface area contributed by atoms with Crippen LogP contribution in [-0.4, -0.2) is 46.9 Å². The number of hydrogen-bond acceptors (Lipinski definition) is 5. The van der Waals surface area contributed by atoms with Gasteiger partial charge in [0.2, 0.25) is 5.91 Å². The maximum Gasteiger partial charge on any atom is 0.306 e. The minimum absolute atomic E-state index is 0.0857. The van der Waals surface area contributed by atoms with Crippen molar-refractivity contribution < 1.29 is 24.5 Å². The van der Waals surface area contributed by atoms with Crippen LogP contribution < -0.4 is 5.32 Å². The predicted octanol–water partition coefficient (Wildman–Crippen LogP) is 13.6. The summed E-state index contributed by atoms with van der Waals surface area (Å²) < 4.78 is 5.87. The Balaban J connectivity index is 4.33. The number of rotatable bonds is 43. The number of ether oxygens (including phenoxy) is 1. The summed E-state index contributed by atoms with van der Waals surface area (Å²) in [6.45, 7) is 6.46. The standard InChI is InChI=1S/C47H93NO5/c1-4-7-10-13-16-19-20-21-22-23-24-25-26-28-30-33-36-39-45(50)44(42-49)48-46(51)41-43(38-35-32-29-18-15-12-9-6-3)53-47(52)40-37-34-31-27-17-14-11-8-5-2/h43-45,49-50H,4-42H2,1-3H3,(H,48,51). The summed E-state index contributed by atoms with van der Waals surface area (Å²) >= 11 is 0. The van der Waals surface area contributed by atoms with Crippen molar-refractivity contribution in [3.8, 4) is 0 Å². The lowest BCUT2D eigenvalue weighted by Gasteiger charge is -2.24. The third-order valence-electron chi connectivity index (χ3n) is 11.2. The molecule has 0 heterocycles. The van der Waals surface area contributed by atoms with E-state index >= 15 is 0 Å². The molecule has 0 saturated carbocycles. The van der Waals surface area contributed by atoms with E-state index in [1.165, 1.54) is 173 Å². The average Bonchev–Trinajstić information content (AvgIpc) is 3.15. The zero-order valence-electron chi connectivity index (χ0n) is 35.9. The van der Waals surface area contributed by atoms with Crippen LogP contribution in [0.15, 0.2) is 0 Å². The molecule has 3 N–H and O–H groups in total. The maximum absolute atomic E-state index is 13.1.